The van der Waals surface area contributed by atoms with Gasteiger partial charge in [-0.1, -0.05) is 42.5 Å². The molecule has 0 bridgehead atoms. The molecule has 1 fully saturated rings. The summed E-state index contributed by atoms with van der Waals surface area (Å²) < 4.78 is 11.2. The minimum Gasteiger partial charge on any atom is -0.507 e. The Kier molecular flexibility index (Phi) is 5.13. The van der Waals surface area contributed by atoms with Crippen molar-refractivity contribution in [1.29, 1.82) is 0 Å². The lowest BCUT2D eigenvalue weighted by molar-refractivity contribution is -0.132. The van der Waals surface area contributed by atoms with Gasteiger partial charge in [0.25, 0.3) is 11.7 Å². The Balaban J connectivity index is 1.71. The molecule has 2 aliphatic heterocycles. The van der Waals surface area contributed by atoms with Crippen LogP contribution in [0.5, 0.6) is 11.5 Å². The smallest absolute Gasteiger partial charge is 0.300 e. The van der Waals surface area contributed by atoms with Crippen LogP contribution >= 0.6 is 0 Å². The molecule has 3 aromatic carbocycles. The van der Waals surface area contributed by atoms with E-state index in [1.807, 2.05) is 62.4 Å². The molecule has 0 radical (unpaired) electrons. The molecule has 3 aromatic rings. The first kappa shape index (κ1) is 20.8. The third-order valence-corrected chi connectivity index (χ3v) is 6.00. The number of amides is 1. The van der Waals surface area contributed by atoms with Crippen molar-refractivity contribution >= 4 is 23.1 Å². The Labute approximate surface area is 191 Å². The SMILES string of the molecule is Cc1ccc(C)c(N2C(=O)C(=O)/C(=C(\O)c3ccc4c(c3)OCCO4)C2c2ccccc2)c1. The second kappa shape index (κ2) is 8.13. The zero-order valence-electron chi connectivity index (χ0n) is 18.4. The zero-order chi connectivity index (χ0) is 23.1. The number of benzene rings is 3. The summed E-state index contributed by atoms with van der Waals surface area (Å²) in [5.41, 5.74) is 3.64. The first-order valence-electron chi connectivity index (χ1n) is 10.8. The molecule has 1 atom stereocenters. The standard InChI is InChI=1S/C27H23NO5/c1-16-8-9-17(2)20(14-16)28-24(18-6-4-3-5-7-18)23(26(30)27(28)31)25(29)19-10-11-21-22(15-19)33-13-12-32-21/h3-11,14-15,24,29H,12-13H2,1-2H3/b25-23-. The Hall–Kier alpha value is -4.06. The maximum Gasteiger partial charge on any atom is 0.300 e. The van der Waals surface area contributed by atoms with E-state index in [2.05, 4.69) is 0 Å². The van der Waals surface area contributed by atoms with Crippen LogP contribution in [0.3, 0.4) is 0 Å². The molecule has 0 aliphatic carbocycles. The lowest BCUT2D eigenvalue weighted by atomic mass is 9.94. The molecular weight excluding hydrogens is 418 g/mol. The van der Waals surface area contributed by atoms with Crippen molar-refractivity contribution in [2.45, 2.75) is 19.9 Å². The highest BCUT2D eigenvalue weighted by Crippen LogP contribution is 2.44. The molecule has 6 heteroatoms. The quantitative estimate of drug-likeness (QED) is 0.362. The van der Waals surface area contributed by atoms with Crippen LogP contribution in [0, 0.1) is 13.8 Å². The lowest BCUT2D eigenvalue weighted by Crippen LogP contribution is -2.30. The van der Waals surface area contributed by atoms with Gasteiger partial charge in [-0.2, -0.15) is 0 Å². The monoisotopic (exact) mass is 441 g/mol. The summed E-state index contributed by atoms with van der Waals surface area (Å²) in [7, 11) is 0. The number of carbonyl (C=O) groups excluding carboxylic acids is 2. The maximum absolute atomic E-state index is 13.3. The molecular formula is C27H23NO5. The van der Waals surface area contributed by atoms with Crippen molar-refractivity contribution in [2.75, 3.05) is 18.1 Å². The second-order valence-electron chi connectivity index (χ2n) is 8.23. The van der Waals surface area contributed by atoms with Gasteiger partial charge < -0.3 is 14.6 Å². The van der Waals surface area contributed by atoms with Crippen molar-refractivity contribution in [3.63, 3.8) is 0 Å². The van der Waals surface area contributed by atoms with E-state index in [0.717, 1.165) is 16.7 Å². The molecule has 166 valence electrons. The fourth-order valence-corrected chi connectivity index (χ4v) is 4.36. The number of aliphatic hydroxyl groups excluding tert-OH is 1. The van der Waals surface area contributed by atoms with E-state index in [-0.39, 0.29) is 11.3 Å². The highest BCUT2D eigenvalue weighted by atomic mass is 16.6. The predicted octanol–water partition coefficient (Wildman–Crippen LogP) is 4.70. The number of aryl methyl sites for hydroxylation is 2. The molecule has 1 unspecified atom stereocenters. The van der Waals surface area contributed by atoms with Gasteiger partial charge in [0.2, 0.25) is 0 Å². The van der Waals surface area contributed by atoms with Gasteiger partial charge in [0.15, 0.2) is 11.5 Å². The van der Waals surface area contributed by atoms with E-state index >= 15 is 0 Å². The number of aliphatic hydroxyl groups is 1. The number of anilines is 1. The van der Waals surface area contributed by atoms with Crippen molar-refractivity contribution in [3.8, 4) is 11.5 Å². The fraction of sp³-hybridized carbons (Fsp3) is 0.185. The van der Waals surface area contributed by atoms with Crippen LogP contribution in [0.25, 0.3) is 5.76 Å². The topological polar surface area (TPSA) is 76.1 Å². The summed E-state index contributed by atoms with van der Waals surface area (Å²) >= 11 is 0. The minimum atomic E-state index is -0.764. The molecule has 1 N–H and O–H groups in total. The third-order valence-electron chi connectivity index (χ3n) is 6.00. The van der Waals surface area contributed by atoms with E-state index in [9.17, 15) is 14.7 Å². The first-order valence-corrected chi connectivity index (χ1v) is 10.8. The number of ether oxygens (including phenoxy) is 2. The normalized spacial score (nSPS) is 19.1. The van der Waals surface area contributed by atoms with E-state index in [1.54, 1.807) is 18.2 Å². The molecule has 0 saturated carbocycles. The summed E-state index contributed by atoms with van der Waals surface area (Å²) in [4.78, 5) is 28.1. The van der Waals surface area contributed by atoms with Crippen LogP contribution in [-0.4, -0.2) is 30.0 Å². The number of hydrogen-bond donors (Lipinski definition) is 1. The van der Waals surface area contributed by atoms with Crippen LogP contribution in [0.2, 0.25) is 0 Å². The van der Waals surface area contributed by atoms with Crippen molar-refractivity contribution in [2.24, 2.45) is 0 Å². The maximum atomic E-state index is 13.3. The highest BCUT2D eigenvalue weighted by molar-refractivity contribution is 6.51. The molecule has 33 heavy (non-hydrogen) atoms. The van der Waals surface area contributed by atoms with Crippen LogP contribution < -0.4 is 14.4 Å². The minimum absolute atomic E-state index is 0.0452. The third kappa shape index (κ3) is 3.53. The van der Waals surface area contributed by atoms with Gasteiger partial charge in [0.1, 0.15) is 19.0 Å². The molecule has 0 spiro atoms. The van der Waals surface area contributed by atoms with Crippen molar-refractivity contribution < 1.29 is 24.2 Å². The number of rotatable bonds is 3. The van der Waals surface area contributed by atoms with E-state index in [1.165, 1.54) is 4.90 Å². The summed E-state index contributed by atoms with van der Waals surface area (Å²) in [6, 6.07) is 19.3. The van der Waals surface area contributed by atoms with Gasteiger partial charge >= 0.3 is 0 Å². The number of carbonyl (C=O) groups is 2. The van der Waals surface area contributed by atoms with Crippen LogP contribution in [0.4, 0.5) is 5.69 Å². The summed E-state index contributed by atoms with van der Waals surface area (Å²) in [5, 5.41) is 11.3. The molecule has 2 aliphatic rings. The van der Waals surface area contributed by atoms with Gasteiger partial charge in [-0.25, -0.2) is 0 Å². The molecule has 1 amide bonds. The van der Waals surface area contributed by atoms with Gasteiger partial charge in [-0.3, -0.25) is 14.5 Å². The Morgan fingerprint density at radius 2 is 1.64 bits per heavy atom. The first-order chi connectivity index (χ1) is 16.0. The van der Waals surface area contributed by atoms with E-state index < -0.39 is 17.7 Å². The van der Waals surface area contributed by atoms with Crippen LogP contribution in [0.15, 0.2) is 72.3 Å². The number of fused-ring (bicyclic) bond motifs is 1. The number of Topliss-reactive ketones (excluding diaryl/α,β-unsaturated/α-hetero) is 1. The highest BCUT2D eigenvalue weighted by Gasteiger charge is 2.47. The molecule has 1 saturated heterocycles. The number of nitrogens with zero attached hydrogens (tertiary/aromatic N) is 1. The fourth-order valence-electron chi connectivity index (χ4n) is 4.36. The van der Waals surface area contributed by atoms with Gasteiger partial charge in [-0.15, -0.1) is 0 Å². The van der Waals surface area contributed by atoms with Crippen LogP contribution in [0.1, 0.15) is 28.3 Å². The summed E-state index contributed by atoms with van der Waals surface area (Å²) in [5.74, 6) is -0.570. The van der Waals surface area contributed by atoms with Crippen LogP contribution in [-0.2, 0) is 9.59 Å². The second-order valence-corrected chi connectivity index (χ2v) is 8.23. The number of hydrogen-bond acceptors (Lipinski definition) is 5. The van der Waals surface area contributed by atoms with Gasteiger partial charge in [0.05, 0.1) is 11.6 Å². The Morgan fingerprint density at radius 1 is 0.909 bits per heavy atom. The molecule has 5 rings (SSSR count). The largest absolute Gasteiger partial charge is 0.507 e. The van der Waals surface area contributed by atoms with E-state index in [0.29, 0.717) is 36.0 Å². The summed E-state index contributed by atoms with van der Waals surface area (Å²) in [6.07, 6.45) is 0. The predicted molar refractivity (Wildman–Crippen MR) is 125 cm³/mol. The Bertz CT molecular complexity index is 1300. The Morgan fingerprint density at radius 3 is 2.39 bits per heavy atom. The average Bonchev–Trinajstić information content (AvgIpc) is 3.10. The number of ketones is 1. The molecule has 2 heterocycles. The lowest BCUT2D eigenvalue weighted by Gasteiger charge is -2.27. The van der Waals surface area contributed by atoms with Gasteiger partial charge in [0, 0.05) is 11.3 Å². The van der Waals surface area contributed by atoms with Gasteiger partial charge in [-0.05, 0) is 54.8 Å². The van der Waals surface area contributed by atoms with Crippen molar-refractivity contribution in [3.05, 3.63) is 94.6 Å². The van der Waals surface area contributed by atoms with Crippen molar-refractivity contribution in [1.82, 2.24) is 0 Å². The summed E-state index contributed by atoms with van der Waals surface area (Å²) in [6.45, 7) is 4.69. The van der Waals surface area contributed by atoms with E-state index in [4.69, 9.17) is 9.47 Å². The molecule has 6 nitrogen and oxygen atoms in total. The average molecular weight is 441 g/mol. The zero-order valence-corrected chi connectivity index (χ0v) is 18.4. The molecule has 0 aromatic heterocycles.